The van der Waals surface area contributed by atoms with Gasteiger partial charge >= 0.3 is 0 Å². The summed E-state index contributed by atoms with van der Waals surface area (Å²) in [4.78, 5) is 11.6. The van der Waals surface area contributed by atoms with E-state index in [4.69, 9.17) is 0 Å². The van der Waals surface area contributed by atoms with Crippen LogP contribution in [0, 0.1) is 0 Å². The molecule has 0 bridgehead atoms. The Morgan fingerprint density at radius 1 is 1.47 bits per heavy atom. The van der Waals surface area contributed by atoms with Crippen molar-refractivity contribution < 1.29 is 4.79 Å². The summed E-state index contributed by atoms with van der Waals surface area (Å²) in [5, 5.41) is 9.98. The summed E-state index contributed by atoms with van der Waals surface area (Å²) in [6.07, 6.45) is 0. The number of aromatic nitrogens is 3. The maximum Gasteiger partial charge on any atom is 0.257 e. The molecule has 0 spiro atoms. The Hall–Kier alpha value is -1.34. The van der Waals surface area contributed by atoms with Gasteiger partial charge in [0.25, 0.3) is 5.91 Å². The van der Waals surface area contributed by atoms with Gasteiger partial charge in [-0.1, -0.05) is 31.6 Å². The van der Waals surface area contributed by atoms with E-state index in [1.54, 1.807) is 18.2 Å². The normalized spacial score (nSPS) is 9.93. The average molecular weight is 285 g/mol. The van der Waals surface area contributed by atoms with Gasteiger partial charge in [-0.15, -0.1) is 0 Å². The lowest BCUT2D eigenvalue weighted by Crippen LogP contribution is -2.11. The van der Waals surface area contributed by atoms with E-state index in [0.717, 1.165) is 16.0 Å². The molecule has 0 saturated heterocycles. The molecule has 2 rings (SSSR count). The second kappa shape index (κ2) is 4.45. The second-order valence-electron chi connectivity index (χ2n) is 2.63. The molecule has 1 aromatic carbocycles. The summed E-state index contributed by atoms with van der Waals surface area (Å²) in [6.45, 7) is 0. The first kappa shape index (κ1) is 10.2. The molecule has 0 aliphatic carbocycles. The molecule has 0 aliphatic rings. The zero-order chi connectivity index (χ0) is 10.7. The van der Waals surface area contributed by atoms with Crippen LogP contribution in [0.2, 0.25) is 0 Å². The fourth-order valence-corrected chi connectivity index (χ4v) is 1.74. The maximum absolute atomic E-state index is 11.6. The van der Waals surface area contributed by atoms with Crippen molar-refractivity contribution >= 4 is 38.5 Å². The van der Waals surface area contributed by atoms with E-state index in [1.165, 1.54) is 0 Å². The molecule has 0 unspecified atom stereocenters. The van der Waals surface area contributed by atoms with Crippen LogP contribution >= 0.6 is 27.5 Å². The van der Waals surface area contributed by atoms with E-state index < -0.39 is 0 Å². The number of nitrogens with one attached hydrogen (secondary N) is 1. The van der Waals surface area contributed by atoms with Crippen molar-refractivity contribution in [3.8, 4) is 0 Å². The molecule has 76 valence electrons. The van der Waals surface area contributed by atoms with Crippen molar-refractivity contribution in [3.63, 3.8) is 0 Å². The molecule has 0 aliphatic heterocycles. The van der Waals surface area contributed by atoms with Gasteiger partial charge in [0, 0.05) is 21.6 Å². The highest BCUT2D eigenvalue weighted by molar-refractivity contribution is 9.10. The SMILES string of the molecule is O=C(Nc1nnns1)c1cccc(Br)c1. The quantitative estimate of drug-likeness (QED) is 0.915. The minimum atomic E-state index is -0.227. The number of anilines is 1. The van der Waals surface area contributed by atoms with Gasteiger partial charge in [0.1, 0.15) is 0 Å². The highest BCUT2D eigenvalue weighted by Gasteiger charge is 2.08. The van der Waals surface area contributed by atoms with E-state index in [9.17, 15) is 4.79 Å². The Morgan fingerprint density at radius 2 is 2.33 bits per heavy atom. The van der Waals surface area contributed by atoms with Gasteiger partial charge in [-0.25, -0.2) is 0 Å². The van der Waals surface area contributed by atoms with E-state index in [0.29, 0.717) is 10.7 Å². The van der Waals surface area contributed by atoms with Crippen molar-refractivity contribution in [2.24, 2.45) is 0 Å². The van der Waals surface area contributed by atoms with Gasteiger partial charge in [0.2, 0.25) is 5.13 Å². The van der Waals surface area contributed by atoms with Gasteiger partial charge in [-0.05, 0) is 23.4 Å². The van der Waals surface area contributed by atoms with Crippen LogP contribution in [0.4, 0.5) is 5.13 Å². The molecule has 15 heavy (non-hydrogen) atoms. The number of halogens is 1. The third-order valence-corrected chi connectivity index (χ3v) is 2.61. The molecule has 0 radical (unpaired) electrons. The number of hydrogen-bond donors (Lipinski definition) is 1. The third-order valence-electron chi connectivity index (χ3n) is 1.61. The fraction of sp³-hybridized carbons (Fsp3) is 0. The van der Waals surface area contributed by atoms with E-state index in [1.807, 2.05) is 6.07 Å². The first-order valence-corrected chi connectivity index (χ1v) is 5.54. The smallest absolute Gasteiger partial charge is 0.257 e. The van der Waals surface area contributed by atoms with Gasteiger partial charge in [-0.3, -0.25) is 10.1 Å². The third kappa shape index (κ3) is 2.57. The Labute approximate surface area is 97.8 Å². The lowest BCUT2D eigenvalue weighted by molar-refractivity contribution is 0.102. The zero-order valence-electron chi connectivity index (χ0n) is 7.35. The zero-order valence-corrected chi connectivity index (χ0v) is 9.75. The van der Waals surface area contributed by atoms with Crippen LogP contribution in [-0.4, -0.2) is 20.7 Å². The summed E-state index contributed by atoms with van der Waals surface area (Å²) in [5.74, 6) is -0.227. The molecular formula is C8H5BrN4OS. The Morgan fingerprint density at radius 3 is 3.00 bits per heavy atom. The molecule has 1 amide bonds. The summed E-state index contributed by atoms with van der Waals surface area (Å²) in [5.41, 5.74) is 0.555. The minimum Gasteiger partial charge on any atom is -0.295 e. The van der Waals surface area contributed by atoms with Crippen LogP contribution in [0.15, 0.2) is 28.7 Å². The maximum atomic E-state index is 11.6. The monoisotopic (exact) mass is 284 g/mol. The summed E-state index contributed by atoms with van der Waals surface area (Å²) in [7, 11) is 0. The molecule has 1 aromatic heterocycles. The van der Waals surface area contributed by atoms with Gasteiger partial charge in [0.15, 0.2) is 0 Å². The molecule has 1 N–H and O–H groups in total. The van der Waals surface area contributed by atoms with Gasteiger partial charge in [0.05, 0.1) is 0 Å². The number of carbonyl (C=O) groups excluding carboxylic acids is 1. The van der Waals surface area contributed by atoms with E-state index in [2.05, 4.69) is 36.0 Å². The second-order valence-corrected chi connectivity index (χ2v) is 4.28. The predicted octanol–water partition coefficient (Wildman–Crippen LogP) is 1.95. The Balaban J connectivity index is 2.15. The molecular weight excluding hydrogens is 280 g/mol. The molecule has 0 saturated carbocycles. The number of nitrogens with zero attached hydrogens (tertiary/aromatic N) is 3. The number of rotatable bonds is 2. The predicted molar refractivity (Wildman–Crippen MR) is 59.8 cm³/mol. The first-order valence-electron chi connectivity index (χ1n) is 3.97. The highest BCUT2D eigenvalue weighted by Crippen LogP contribution is 2.13. The minimum absolute atomic E-state index is 0.227. The van der Waals surface area contributed by atoms with Crippen LogP contribution in [0.25, 0.3) is 0 Å². The fourth-order valence-electron chi connectivity index (χ4n) is 0.981. The molecule has 2 aromatic rings. The summed E-state index contributed by atoms with van der Waals surface area (Å²) < 4.78 is 4.40. The number of amides is 1. The van der Waals surface area contributed by atoms with Gasteiger partial charge < -0.3 is 0 Å². The van der Waals surface area contributed by atoms with Crippen LogP contribution < -0.4 is 5.32 Å². The molecule has 7 heteroatoms. The molecule has 1 heterocycles. The summed E-state index contributed by atoms with van der Waals surface area (Å²) >= 11 is 4.32. The average Bonchev–Trinajstić information content (AvgIpc) is 2.70. The molecule has 5 nitrogen and oxygen atoms in total. The van der Waals surface area contributed by atoms with Crippen LogP contribution in [0.3, 0.4) is 0 Å². The molecule has 0 fully saturated rings. The van der Waals surface area contributed by atoms with Crippen molar-refractivity contribution in [2.75, 3.05) is 5.32 Å². The Bertz CT molecular complexity index is 473. The number of benzene rings is 1. The lowest BCUT2D eigenvalue weighted by atomic mass is 10.2. The standard InChI is InChI=1S/C8H5BrN4OS/c9-6-3-1-2-5(4-6)7(14)10-8-11-12-13-15-8/h1-4H,(H,10,11,13,14). The van der Waals surface area contributed by atoms with Crippen molar-refractivity contribution in [1.29, 1.82) is 0 Å². The highest BCUT2D eigenvalue weighted by atomic mass is 79.9. The van der Waals surface area contributed by atoms with Crippen molar-refractivity contribution in [1.82, 2.24) is 14.8 Å². The van der Waals surface area contributed by atoms with Crippen LogP contribution in [0.5, 0.6) is 0 Å². The van der Waals surface area contributed by atoms with Crippen LogP contribution in [0.1, 0.15) is 10.4 Å². The Kier molecular flexibility index (Phi) is 3.02. The molecule has 0 atom stereocenters. The van der Waals surface area contributed by atoms with Crippen molar-refractivity contribution in [3.05, 3.63) is 34.3 Å². The topological polar surface area (TPSA) is 67.8 Å². The first-order chi connectivity index (χ1) is 7.25. The largest absolute Gasteiger partial charge is 0.295 e. The van der Waals surface area contributed by atoms with Crippen LogP contribution in [-0.2, 0) is 0 Å². The van der Waals surface area contributed by atoms with Crippen molar-refractivity contribution in [2.45, 2.75) is 0 Å². The summed E-state index contributed by atoms with van der Waals surface area (Å²) in [6, 6.07) is 7.08. The van der Waals surface area contributed by atoms with E-state index in [-0.39, 0.29) is 5.91 Å². The number of hydrogen-bond acceptors (Lipinski definition) is 5. The van der Waals surface area contributed by atoms with E-state index >= 15 is 0 Å². The number of carbonyl (C=O) groups is 1. The lowest BCUT2D eigenvalue weighted by Gasteiger charge is -2.00. The van der Waals surface area contributed by atoms with Gasteiger partial charge in [-0.2, -0.15) is 0 Å².